The molecule has 4 N–H and O–H groups in total. The molecule has 12 heavy (non-hydrogen) atoms. The van der Waals surface area contributed by atoms with Crippen LogP contribution in [0.25, 0.3) is 0 Å². The summed E-state index contributed by atoms with van der Waals surface area (Å²) in [6.07, 6.45) is 1.39. The summed E-state index contributed by atoms with van der Waals surface area (Å²) in [5, 5.41) is 4.72. The molecular weight excluding hydrogens is 158 g/mol. The second-order valence-electron chi connectivity index (χ2n) is 2.94. The predicted octanol–water partition coefficient (Wildman–Crippen LogP) is -0.677. The molecule has 1 heterocycles. The Bertz CT molecular complexity index is 217. The molecule has 68 valence electrons. The van der Waals surface area contributed by atoms with Crippen LogP contribution >= 0.6 is 0 Å². The van der Waals surface area contributed by atoms with Gasteiger partial charge in [0.05, 0.1) is 0 Å². The minimum atomic E-state index is -0.855. The Morgan fingerprint density at radius 3 is 2.50 bits per heavy atom. The van der Waals surface area contributed by atoms with Crippen molar-refractivity contribution in [2.45, 2.75) is 25.3 Å². The Labute approximate surface area is 70.7 Å². The van der Waals surface area contributed by atoms with Crippen LogP contribution in [-0.4, -0.2) is 24.0 Å². The van der Waals surface area contributed by atoms with Crippen molar-refractivity contribution in [3.63, 3.8) is 0 Å². The van der Waals surface area contributed by atoms with Crippen LogP contribution in [0.2, 0.25) is 0 Å². The SMILES string of the molecule is CCCC1(CN)NC(=O)NC1=O. The Kier molecular flexibility index (Phi) is 2.32. The Hall–Kier alpha value is -1.10. The lowest BCUT2D eigenvalue weighted by molar-refractivity contribution is -0.123. The van der Waals surface area contributed by atoms with Crippen molar-refractivity contribution in [2.24, 2.45) is 5.73 Å². The number of carbonyl (C=O) groups is 2. The summed E-state index contributed by atoms with van der Waals surface area (Å²) < 4.78 is 0. The summed E-state index contributed by atoms with van der Waals surface area (Å²) in [7, 11) is 0. The zero-order chi connectivity index (χ0) is 9.19. The fraction of sp³-hybridized carbons (Fsp3) is 0.714. The first-order chi connectivity index (χ1) is 5.64. The number of hydrogen-bond donors (Lipinski definition) is 3. The summed E-state index contributed by atoms with van der Waals surface area (Å²) in [4.78, 5) is 22.1. The largest absolute Gasteiger partial charge is 0.328 e. The van der Waals surface area contributed by atoms with Crippen LogP contribution in [0.4, 0.5) is 4.79 Å². The topological polar surface area (TPSA) is 84.2 Å². The van der Waals surface area contributed by atoms with Crippen molar-refractivity contribution >= 4 is 11.9 Å². The van der Waals surface area contributed by atoms with E-state index in [4.69, 9.17) is 5.73 Å². The Morgan fingerprint density at radius 2 is 2.17 bits per heavy atom. The fourth-order valence-electron chi connectivity index (χ4n) is 1.38. The minimum absolute atomic E-state index is 0.151. The van der Waals surface area contributed by atoms with Crippen LogP contribution in [0.15, 0.2) is 0 Å². The first kappa shape index (κ1) is 8.99. The average molecular weight is 171 g/mol. The van der Waals surface area contributed by atoms with Gasteiger partial charge in [0.1, 0.15) is 5.54 Å². The standard InChI is InChI=1S/C7H13N3O2/c1-2-3-7(4-8)5(11)9-6(12)10-7/h2-4,8H2,1H3,(H2,9,10,11,12). The van der Waals surface area contributed by atoms with Gasteiger partial charge in [0.15, 0.2) is 0 Å². The molecule has 1 atom stereocenters. The third-order valence-electron chi connectivity index (χ3n) is 2.04. The van der Waals surface area contributed by atoms with Gasteiger partial charge in [-0.2, -0.15) is 0 Å². The summed E-state index contributed by atoms with van der Waals surface area (Å²) >= 11 is 0. The third kappa shape index (κ3) is 1.27. The fourth-order valence-corrected chi connectivity index (χ4v) is 1.38. The van der Waals surface area contributed by atoms with E-state index in [-0.39, 0.29) is 12.5 Å². The molecule has 1 fully saturated rings. The summed E-state index contributed by atoms with van der Waals surface area (Å²) in [5.74, 6) is -0.308. The molecule has 1 aliphatic heterocycles. The molecule has 0 aromatic heterocycles. The number of nitrogens with one attached hydrogen (secondary N) is 2. The van der Waals surface area contributed by atoms with E-state index < -0.39 is 11.6 Å². The predicted molar refractivity (Wildman–Crippen MR) is 43.4 cm³/mol. The molecule has 0 radical (unpaired) electrons. The van der Waals surface area contributed by atoms with Gasteiger partial charge in [-0.3, -0.25) is 10.1 Å². The lowest BCUT2D eigenvalue weighted by Gasteiger charge is -2.22. The van der Waals surface area contributed by atoms with Gasteiger partial charge in [0.2, 0.25) is 0 Å². The number of imide groups is 1. The van der Waals surface area contributed by atoms with E-state index in [1.807, 2.05) is 6.92 Å². The average Bonchev–Trinajstić information content (AvgIpc) is 2.28. The van der Waals surface area contributed by atoms with Crippen molar-refractivity contribution in [1.29, 1.82) is 0 Å². The van der Waals surface area contributed by atoms with Crippen molar-refractivity contribution < 1.29 is 9.59 Å². The van der Waals surface area contributed by atoms with Crippen molar-refractivity contribution in [1.82, 2.24) is 10.6 Å². The van der Waals surface area contributed by atoms with Crippen molar-refractivity contribution in [2.75, 3.05) is 6.54 Å². The van der Waals surface area contributed by atoms with Crippen LogP contribution in [0.3, 0.4) is 0 Å². The normalized spacial score (nSPS) is 28.5. The Balaban J connectivity index is 2.78. The van der Waals surface area contributed by atoms with E-state index >= 15 is 0 Å². The van der Waals surface area contributed by atoms with Gasteiger partial charge in [-0.25, -0.2) is 4.79 Å². The smallest absolute Gasteiger partial charge is 0.322 e. The maximum Gasteiger partial charge on any atom is 0.322 e. The number of carbonyl (C=O) groups excluding carboxylic acids is 2. The third-order valence-corrected chi connectivity index (χ3v) is 2.04. The number of rotatable bonds is 3. The zero-order valence-corrected chi connectivity index (χ0v) is 7.02. The minimum Gasteiger partial charge on any atom is -0.328 e. The van der Waals surface area contributed by atoms with Crippen molar-refractivity contribution in [3.8, 4) is 0 Å². The van der Waals surface area contributed by atoms with E-state index in [1.54, 1.807) is 0 Å². The summed E-state index contributed by atoms with van der Waals surface area (Å²) in [6.45, 7) is 2.09. The number of hydrogen-bond acceptors (Lipinski definition) is 3. The lowest BCUT2D eigenvalue weighted by Crippen LogP contribution is -2.52. The van der Waals surface area contributed by atoms with Gasteiger partial charge in [-0.05, 0) is 6.42 Å². The van der Waals surface area contributed by atoms with Gasteiger partial charge in [-0.1, -0.05) is 13.3 Å². The highest BCUT2D eigenvalue weighted by Gasteiger charge is 2.43. The molecular formula is C7H13N3O2. The second-order valence-corrected chi connectivity index (χ2v) is 2.94. The van der Waals surface area contributed by atoms with Crippen LogP contribution in [0.1, 0.15) is 19.8 Å². The number of amides is 3. The highest BCUT2D eigenvalue weighted by molar-refractivity contribution is 6.07. The zero-order valence-electron chi connectivity index (χ0n) is 7.02. The maximum absolute atomic E-state index is 11.3. The van der Waals surface area contributed by atoms with Crippen molar-refractivity contribution in [3.05, 3.63) is 0 Å². The monoisotopic (exact) mass is 171 g/mol. The van der Waals surface area contributed by atoms with Crippen LogP contribution in [0, 0.1) is 0 Å². The molecule has 3 amide bonds. The lowest BCUT2D eigenvalue weighted by atomic mass is 9.94. The van der Waals surface area contributed by atoms with E-state index in [1.165, 1.54) is 0 Å². The highest BCUT2D eigenvalue weighted by atomic mass is 16.2. The van der Waals surface area contributed by atoms with E-state index in [2.05, 4.69) is 10.6 Å². The second kappa shape index (κ2) is 3.10. The van der Waals surface area contributed by atoms with Crippen LogP contribution in [0.5, 0.6) is 0 Å². The molecule has 1 aliphatic rings. The molecule has 1 saturated heterocycles. The molecule has 1 rings (SSSR count). The summed E-state index contributed by atoms with van der Waals surface area (Å²) in [6, 6.07) is -0.445. The molecule has 0 saturated carbocycles. The first-order valence-corrected chi connectivity index (χ1v) is 3.98. The van der Waals surface area contributed by atoms with Crippen LogP contribution < -0.4 is 16.4 Å². The molecule has 5 heteroatoms. The van der Waals surface area contributed by atoms with Gasteiger partial charge in [-0.15, -0.1) is 0 Å². The molecule has 0 aromatic rings. The quantitative estimate of drug-likeness (QED) is 0.492. The molecule has 0 aliphatic carbocycles. The van der Waals surface area contributed by atoms with Gasteiger partial charge >= 0.3 is 6.03 Å². The molecule has 5 nitrogen and oxygen atoms in total. The molecule has 1 unspecified atom stereocenters. The summed E-state index contributed by atoms with van der Waals surface area (Å²) in [5.41, 5.74) is 4.58. The van der Waals surface area contributed by atoms with E-state index in [0.29, 0.717) is 6.42 Å². The van der Waals surface area contributed by atoms with Gasteiger partial charge in [0.25, 0.3) is 5.91 Å². The molecule has 0 aromatic carbocycles. The van der Waals surface area contributed by atoms with Gasteiger partial charge in [0, 0.05) is 6.54 Å². The maximum atomic E-state index is 11.3. The van der Waals surface area contributed by atoms with Gasteiger partial charge < -0.3 is 11.1 Å². The number of nitrogens with two attached hydrogens (primary N) is 1. The van der Waals surface area contributed by atoms with E-state index in [9.17, 15) is 9.59 Å². The van der Waals surface area contributed by atoms with Crippen LogP contribution in [-0.2, 0) is 4.79 Å². The number of urea groups is 1. The first-order valence-electron chi connectivity index (χ1n) is 3.98. The highest BCUT2D eigenvalue weighted by Crippen LogP contribution is 2.15. The van der Waals surface area contributed by atoms with E-state index in [0.717, 1.165) is 6.42 Å². The Morgan fingerprint density at radius 1 is 1.50 bits per heavy atom. The molecule has 0 bridgehead atoms. The molecule has 0 spiro atoms.